The third kappa shape index (κ3) is 9.04. The number of unbranched alkanes of at least 4 members (excludes halogenated alkanes) is 2. The lowest BCUT2D eigenvalue weighted by Crippen LogP contribution is -2.20. The third-order valence-corrected chi connectivity index (χ3v) is 4.98. The molecule has 0 bridgehead atoms. The van der Waals surface area contributed by atoms with E-state index in [0.717, 1.165) is 44.9 Å². The number of carbonyl (C=O) groups is 2. The Kier molecular flexibility index (Phi) is 10.4. The van der Waals surface area contributed by atoms with Gasteiger partial charge in [-0.1, -0.05) is 19.3 Å². The van der Waals surface area contributed by atoms with Crippen LogP contribution in [-0.4, -0.2) is 39.3 Å². The Hall–Kier alpha value is -1.38. The first kappa shape index (κ1) is 21.7. The van der Waals surface area contributed by atoms with Crippen LogP contribution in [-0.2, 0) is 9.59 Å². The zero-order valence-electron chi connectivity index (χ0n) is 15.2. The normalized spacial score (nSPS) is 23.7. The van der Waals surface area contributed by atoms with Gasteiger partial charge in [0.05, 0.1) is 6.10 Å². The number of carbonyl (C=O) groups excluding carboxylic acids is 1. The van der Waals surface area contributed by atoms with Crippen molar-refractivity contribution >= 4 is 11.8 Å². The lowest BCUT2D eigenvalue weighted by Gasteiger charge is -2.22. The van der Waals surface area contributed by atoms with E-state index < -0.39 is 18.5 Å². The molecule has 1 aliphatic carbocycles. The van der Waals surface area contributed by atoms with E-state index in [1.54, 1.807) is 0 Å². The minimum atomic E-state index is -1.07. The number of carboxylic acid groups (broad SMARTS) is 1. The van der Waals surface area contributed by atoms with Crippen LogP contribution in [0.3, 0.4) is 0 Å². The number of Topliss-reactive ketones (excluding diaryl/α,β-unsaturated/α-hetero) is 1. The summed E-state index contributed by atoms with van der Waals surface area (Å²) in [5, 5.41) is 28.7. The van der Waals surface area contributed by atoms with Gasteiger partial charge < -0.3 is 15.3 Å². The smallest absolute Gasteiger partial charge is 0.310 e. The van der Waals surface area contributed by atoms with Crippen LogP contribution < -0.4 is 0 Å². The molecule has 0 amide bonds. The summed E-state index contributed by atoms with van der Waals surface area (Å²) in [4.78, 5) is 21.9. The second kappa shape index (κ2) is 12.1. The molecule has 1 fully saturated rings. The molecule has 5 heteroatoms. The van der Waals surface area contributed by atoms with Crippen LogP contribution in [0, 0.1) is 23.7 Å². The van der Waals surface area contributed by atoms with Crippen molar-refractivity contribution in [3.05, 3.63) is 0 Å². The Labute approximate surface area is 150 Å². The van der Waals surface area contributed by atoms with Gasteiger partial charge in [-0.05, 0) is 56.8 Å². The largest absolute Gasteiger partial charge is 0.481 e. The number of aliphatic carboxylic acids is 1. The molecule has 1 unspecified atom stereocenters. The SMILES string of the molecule is CCCC#CC(O)CC[C@H]1CC[C@H](O)[C@@H]1CCCCC(=O)CC(=O)O. The molecule has 3 N–H and O–H groups in total. The monoisotopic (exact) mass is 352 g/mol. The predicted molar refractivity (Wildman–Crippen MR) is 95.9 cm³/mol. The quantitative estimate of drug-likeness (QED) is 0.302. The lowest BCUT2D eigenvalue weighted by molar-refractivity contribution is -0.140. The van der Waals surface area contributed by atoms with E-state index >= 15 is 0 Å². The molecule has 0 aromatic carbocycles. The highest BCUT2D eigenvalue weighted by Gasteiger charge is 2.34. The Morgan fingerprint density at radius 1 is 1.20 bits per heavy atom. The Bertz CT molecular complexity index is 476. The second-order valence-corrected chi connectivity index (χ2v) is 7.09. The van der Waals surface area contributed by atoms with Crippen molar-refractivity contribution in [3.8, 4) is 11.8 Å². The van der Waals surface area contributed by atoms with E-state index in [1.807, 2.05) is 0 Å². The standard InChI is InChI=1S/C20H32O5/c1-2-3-4-7-16(21)12-10-15-11-13-19(23)18(15)9-6-5-8-17(22)14-20(24)25/h15-16,18-19,21,23H,2-3,5-6,8-14H2,1H3,(H,24,25)/t15-,16?,18+,19-/m0/s1. The summed E-state index contributed by atoms with van der Waals surface area (Å²) in [6, 6.07) is 0. The maximum Gasteiger partial charge on any atom is 0.310 e. The fourth-order valence-electron chi connectivity index (χ4n) is 3.63. The molecule has 0 aromatic heterocycles. The first-order valence-electron chi connectivity index (χ1n) is 9.52. The van der Waals surface area contributed by atoms with Crippen molar-refractivity contribution < 1.29 is 24.9 Å². The summed E-state index contributed by atoms with van der Waals surface area (Å²) in [7, 11) is 0. The molecule has 0 saturated heterocycles. The maximum absolute atomic E-state index is 11.4. The van der Waals surface area contributed by atoms with Crippen molar-refractivity contribution in [2.24, 2.45) is 11.8 Å². The highest BCUT2D eigenvalue weighted by molar-refractivity contribution is 5.94. The number of aliphatic hydroxyl groups is 2. The van der Waals surface area contributed by atoms with Crippen molar-refractivity contribution in [1.29, 1.82) is 0 Å². The van der Waals surface area contributed by atoms with Crippen molar-refractivity contribution in [2.45, 2.75) is 89.8 Å². The molecule has 25 heavy (non-hydrogen) atoms. The van der Waals surface area contributed by atoms with Crippen LogP contribution in [0.5, 0.6) is 0 Å². The first-order chi connectivity index (χ1) is 11.9. The van der Waals surface area contributed by atoms with E-state index in [0.29, 0.717) is 25.2 Å². The van der Waals surface area contributed by atoms with Gasteiger partial charge in [0.25, 0.3) is 0 Å². The second-order valence-electron chi connectivity index (χ2n) is 7.09. The molecule has 1 aliphatic rings. The number of rotatable bonds is 11. The Morgan fingerprint density at radius 2 is 1.96 bits per heavy atom. The van der Waals surface area contributed by atoms with E-state index in [2.05, 4.69) is 18.8 Å². The fraction of sp³-hybridized carbons (Fsp3) is 0.800. The van der Waals surface area contributed by atoms with Gasteiger partial charge in [0, 0.05) is 12.8 Å². The molecule has 1 rings (SSSR count). The number of ketones is 1. The van der Waals surface area contributed by atoms with Crippen LogP contribution in [0.4, 0.5) is 0 Å². The lowest BCUT2D eigenvalue weighted by atomic mass is 9.85. The molecule has 0 aromatic rings. The Balaban J connectivity index is 2.30. The fourth-order valence-corrected chi connectivity index (χ4v) is 3.63. The average molecular weight is 352 g/mol. The van der Waals surface area contributed by atoms with Crippen molar-refractivity contribution in [1.82, 2.24) is 0 Å². The van der Waals surface area contributed by atoms with Crippen LogP contribution in [0.1, 0.15) is 77.6 Å². The molecule has 5 nitrogen and oxygen atoms in total. The first-order valence-corrected chi connectivity index (χ1v) is 9.52. The summed E-state index contributed by atoms with van der Waals surface area (Å²) < 4.78 is 0. The molecule has 0 aliphatic heterocycles. The molecule has 0 radical (unpaired) electrons. The number of hydrogen-bond acceptors (Lipinski definition) is 4. The van der Waals surface area contributed by atoms with Gasteiger partial charge in [-0.3, -0.25) is 9.59 Å². The van der Waals surface area contributed by atoms with Gasteiger partial charge in [0.2, 0.25) is 0 Å². The van der Waals surface area contributed by atoms with Crippen LogP contribution in [0.25, 0.3) is 0 Å². The molecule has 0 spiro atoms. The average Bonchev–Trinajstić information content (AvgIpc) is 2.89. The zero-order chi connectivity index (χ0) is 18.7. The maximum atomic E-state index is 11.4. The van der Waals surface area contributed by atoms with Crippen LogP contribution in [0.2, 0.25) is 0 Å². The summed E-state index contributed by atoms with van der Waals surface area (Å²) in [6.45, 7) is 2.06. The van der Waals surface area contributed by atoms with E-state index in [-0.39, 0.29) is 17.8 Å². The van der Waals surface area contributed by atoms with Gasteiger partial charge in [-0.15, -0.1) is 5.92 Å². The summed E-state index contributed by atoms with van der Waals surface area (Å²) in [5.41, 5.74) is 0. The number of hydrogen-bond donors (Lipinski definition) is 3. The topological polar surface area (TPSA) is 94.8 Å². The van der Waals surface area contributed by atoms with Gasteiger partial charge in [-0.2, -0.15) is 0 Å². The van der Waals surface area contributed by atoms with Gasteiger partial charge in [0.1, 0.15) is 18.3 Å². The predicted octanol–water partition coefficient (Wildman–Crippen LogP) is 2.92. The third-order valence-electron chi connectivity index (χ3n) is 4.98. The highest BCUT2D eigenvalue weighted by Crippen LogP contribution is 2.38. The number of carboxylic acids is 1. The molecular formula is C20H32O5. The minimum absolute atomic E-state index is 0.213. The molecule has 1 saturated carbocycles. The molecule has 4 atom stereocenters. The van der Waals surface area contributed by atoms with Gasteiger partial charge in [-0.25, -0.2) is 0 Å². The van der Waals surface area contributed by atoms with Crippen LogP contribution in [0.15, 0.2) is 0 Å². The highest BCUT2D eigenvalue weighted by atomic mass is 16.4. The van der Waals surface area contributed by atoms with E-state index in [9.17, 15) is 19.8 Å². The van der Waals surface area contributed by atoms with E-state index in [1.165, 1.54) is 0 Å². The van der Waals surface area contributed by atoms with E-state index in [4.69, 9.17) is 5.11 Å². The van der Waals surface area contributed by atoms with Crippen molar-refractivity contribution in [3.63, 3.8) is 0 Å². The van der Waals surface area contributed by atoms with Gasteiger partial charge >= 0.3 is 5.97 Å². The van der Waals surface area contributed by atoms with Crippen molar-refractivity contribution in [2.75, 3.05) is 0 Å². The zero-order valence-corrected chi connectivity index (χ0v) is 15.2. The molecular weight excluding hydrogens is 320 g/mol. The van der Waals surface area contributed by atoms with Gasteiger partial charge in [0.15, 0.2) is 0 Å². The summed E-state index contributed by atoms with van der Waals surface area (Å²) in [6.07, 6.45) is 6.43. The molecule has 142 valence electrons. The summed E-state index contributed by atoms with van der Waals surface area (Å²) in [5.74, 6) is 5.15. The number of aliphatic hydroxyl groups excluding tert-OH is 2. The van der Waals surface area contributed by atoms with Crippen LogP contribution >= 0.6 is 0 Å². The Morgan fingerprint density at radius 3 is 2.64 bits per heavy atom. The minimum Gasteiger partial charge on any atom is -0.481 e. The molecule has 0 heterocycles. The summed E-state index contributed by atoms with van der Waals surface area (Å²) >= 11 is 0.